The van der Waals surface area contributed by atoms with Crippen LogP contribution in [0.5, 0.6) is 0 Å². The van der Waals surface area contributed by atoms with Crippen molar-refractivity contribution in [3.8, 4) is 0 Å². The van der Waals surface area contributed by atoms with Crippen LogP contribution in [0.4, 0.5) is 0 Å². The molecule has 0 aromatic heterocycles. The van der Waals surface area contributed by atoms with Gasteiger partial charge in [-0.05, 0) is 37.0 Å². The van der Waals surface area contributed by atoms with E-state index in [2.05, 4.69) is 26.1 Å². The summed E-state index contributed by atoms with van der Waals surface area (Å²) in [5.41, 5.74) is 5.85. The minimum absolute atomic E-state index is 0.0209. The van der Waals surface area contributed by atoms with Gasteiger partial charge in [-0.25, -0.2) is 0 Å². The van der Waals surface area contributed by atoms with Crippen LogP contribution in [0, 0.1) is 17.8 Å². The molecule has 0 spiro atoms. The Labute approximate surface area is 112 Å². The SMILES string of the molecule is CC(C)CC(N)C(=O)NCCC1CCCC(C)C1. The second-order valence-corrected chi connectivity index (χ2v) is 6.45. The number of hydrogen-bond donors (Lipinski definition) is 2. The number of rotatable bonds is 6. The van der Waals surface area contributed by atoms with Gasteiger partial charge in [0.05, 0.1) is 6.04 Å². The molecule has 3 atom stereocenters. The molecule has 3 N–H and O–H groups in total. The van der Waals surface area contributed by atoms with E-state index in [-0.39, 0.29) is 11.9 Å². The lowest BCUT2D eigenvalue weighted by Crippen LogP contribution is -2.42. The predicted molar refractivity (Wildman–Crippen MR) is 76.2 cm³/mol. The molecule has 0 heterocycles. The minimum atomic E-state index is -0.338. The van der Waals surface area contributed by atoms with Gasteiger partial charge in [0, 0.05) is 6.54 Å². The molecule has 1 rings (SSSR count). The number of amides is 1. The molecule has 0 aliphatic heterocycles. The zero-order chi connectivity index (χ0) is 13.5. The van der Waals surface area contributed by atoms with Crippen LogP contribution in [-0.2, 0) is 4.79 Å². The summed E-state index contributed by atoms with van der Waals surface area (Å²) < 4.78 is 0. The number of carbonyl (C=O) groups excluding carboxylic acids is 1. The summed E-state index contributed by atoms with van der Waals surface area (Å²) in [6, 6.07) is -0.338. The number of carbonyl (C=O) groups is 1. The van der Waals surface area contributed by atoms with Crippen LogP contribution < -0.4 is 11.1 Å². The van der Waals surface area contributed by atoms with E-state index in [4.69, 9.17) is 5.73 Å². The third-order valence-corrected chi connectivity index (χ3v) is 3.96. The number of nitrogens with one attached hydrogen (secondary N) is 1. The first kappa shape index (κ1) is 15.5. The molecule has 18 heavy (non-hydrogen) atoms. The normalized spacial score (nSPS) is 26.1. The van der Waals surface area contributed by atoms with Gasteiger partial charge in [0.2, 0.25) is 5.91 Å². The average molecular weight is 254 g/mol. The Morgan fingerprint density at radius 1 is 1.39 bits per heavy atom. The lowest BCUT2D eigenvalue weighted by Gasteiger charge is -2.26. The van der Waals surface area contributed by atoms with Gasteiger partial charge >= 0.3 is 0 Å². The van der Waals surface area contributed by atoms with Gasteiger partial charge in [-0.15, -0.1) is 0 Å². The summed E-state index contributed by atoms with van der Waals surface area (Å²) in [5, 5.41) is 2.99. The second kappa shape index (κ2) is 7.78. The van der Waals surface area contributed by atoms with Crippen molar-refractivity contribution in [1.29, 1.82) is 0 Å². The summed E-state index contributed by atoms with van der Waals surface area (Å²) in [6.07, 6.45) is 7.28. The van der Waals surface area contributed by atoms with Crippen molar-refractivity contribution in [2.45, 2.75) is 65.3 Å². The van der Waals surface area contributed by atoms with Gasteiger partial charge < -0.3 is 11.1 Å². The maximum Gasteiger partial charge on any atom is 0.236 e. The van der Waals surface area contributed by atoms with Crippen molar-refractivity contribution in [3.63, 3.8) is 0 Å². The fraction of sp³-hybridized carbons (Fsp3) is 0.933. The van der Waals surface area contributed by atoms with Gasteiger partial charge in [-0.2, -0.15) is 0 Å². The molecule has 0 radical (unpaired) electrons. The molecular weight excluding hydrogens is 224 g/mol. The van der Waals surface area contributed by atoms with E-state index in [0.717, 1.165) is 31.2 Å². The highest BCUT2D eigenvalue weighted by Crippen LogP contribution is 2.30. The Morgan fingerprint density at radius 2 is 2.11 bits per heavy atom. The smallest absolute Gasteiger partial charge is 0.236 e. The minimum Gasteiger partial charge on any atom is -0.355 e. The molecule has 0 bridgehead atoms. The van der Waals surface area contributed by atoms with Crippen molar-refractivity contribution in [2.24, 2.45) is 23.5 Å². The molecule has 0 saturated heterocycles. The predicted octanol–water partition coefficient (Wildman–Crippen LogP) is 2.69. The highest BCUT2D eigenvalue weighted by atomic mass is 16.2. The maximum absolute atomic E-state index is 11.7. The summed E-state index contributed by atoms with van der Waals surface area (Å²) in [6.45, 7) is 7.32. The molecular formula is C15H30N2O. The lowest BCUT2D eigenvalue weighted by molar-refractivity contribution is -0.122. The molecule has 3 unspecified atom stereocenters. The van der Waals surface area contributed by atoms with Crippen LogP contribution in [0.3, 0.4) is 0 Å². The van der Waals surface area contributed by atoms with Gasteiger partial charge in [0.15, 0.2) is 0 Å². The fourth-order valence-corrected chi connectivity index (χ4v) is 2.97. The molecule has 1 saturated carbocycles. The van der Waals surface area contributed by atoms with Crippen LogP contribution in [0.25, 0.3) is 0 Å². The van der Waals surface area contributed by atoms with E-state index >= 15 is 0 Å². The second-order valence-electron chi connectivity index (χ2n) is 6.45. The van der Waals surface area contributed by atoms with Gasteiger partial charge in [0.1, 0.15) is 0 Å². The topological polar surface area (TPSA) is 55.1 Å². The van der Waals surface area contributed by atoms with Crippen LogP contribution in [-0.4, -0.2) is 18.5 Å². The first-order valence-electron chi connectivity index (χ1n) is 7.52. The number of hydrogen-bond acceptors (Lipinski definition) is 2. The molecule has 3 heteroatoms. The Kier molecular flexibility index (Phi) is 6.69. The molecule has 1 fully saturated rings. The Morgan fingerprint density at radius 3 is 2.72 bits per heavy atom. The van der Waals surface area contributed by atoms with E-state index in [1.54, 1.807) is 0 Å². The third-order valence-electron chi connectivity index (χ3n) is 3.96. The van der Waals surface area contributed by atoms with Crippen molar-refractivity contribution in [2.75, 3.05) is 6.54 Å². The highest BCUT2D eigenvalue weighted by Gasteiger charge is 2.19. The summed E-state index contributed by atoms with van der Waals surface area (Å²) in [5.74, 6) is 2.16. The third kappa shape index (κ3) is 5.85. The standard InChI is InChI=1S/C15H30N2O/c1-11(2)9-14(16)15(18)17-8-7-13-6-4-5-12(3)10-13/h11-14H,4-10,16H2,1-3H3,(H,17,18). The molecule has 1 aliphatic rings. The van der Waals surface area contributed by atoms with Crippen molar-refractivity contribution in [1.82, 2.24) is 5.32 Å². The average Bonchev–Trinajstić information content (AvgIpc) is 2.28. The van der Waals surface area contributed by atoms with E-state index in [0.29, 0.717) is 5.92 Å². The zero-order valence-corrected chi connectivity index (χ0v) is 12.2. The highest BCUT2D eigenvalue weighted by molar-refractivity contribution is 5.81. The van der Waals surface area contributed by atoms with E-state index in [1.807, 2.05) is 0 Å². The first-order chi connectivity index (χ1) is 8.49. The molecule has 1 amide bonds. The quantitative estimate of drug-likeness (QED) is 0.765. The molecule has 0 aromatic rings. The molecule has 106 valence electrons. The van der Waals surface area contributed by atoms with Gasteiger partial charge in [-0.1, -0.05) is 40.0 Å². The van der Waals surface area contributed by atoms with Crippen molar-refractivity contribution >= 4 is 5.91 Å². The zero-order valence-electron chi connectivity index (χ0n) is 12.2. The summed E-state index contributed by atoms with van der Waals surface area (Å²) in [4.78, 5) is 11.7. The molecule has 0 aromatic carbocycles. The monoisotopic (exact) mass is 254 g/mol. The maximum atomic E-state index is 11.7. The van der Waals surface area contributed by atoms with Crippen LogP contribution in [0.1, 0.15) is 59.3 Å². The lowest BCUT2D eigenvalue weighted by atomic mass is 9.81. The van der Waals surface area contributed by atoms with Crippen molar-refractivity contribution < 1.29 is 4.79 Å². The Balaban J connectivity index is 2.14. The summed E-state index contributed by atoms with van der Waals surface area (Å²) in [7, 11) is 0. The van der Waals surface area contributed by atoms with E-state index in [9.17, 15) is 4.79 Å². The molecule has 3 nitrogen and oxygen atoms in total. The summed E-state index contributed by atoms with van der Waals surface area (Å²) >= 11 is 0. The first-order valence-corrected chi connectivity index (χ1v) is 7.52. The van der Waals surface area contributed by atoms with Gasteiger partial charge in [-0.3, -0.25) is 4.79 Å². The Hall–Kier alpha value is -0.570. The van der Waals surface area contributed by atoms with Crippen LogP contribution in [0.15, 0.2) is 0 Å². The number of nitrogens with two attached hydrogens (primary N) is 1. The van der Waals surface area contributed by atoms with Gasteiger partial charge in [0.25, 0.3) is 0 Å². The largest absolute Gasteiger partial charge is 0.355 e. The van der Waals surface area contributed by atoms with Crippen LogP contribution in [0.2, 0.25) is 0 Å². The fourth-order valence-electron chi connectivity index (χ4n) is 2.97. The van der Waals surface area contributed by atoms with Crippen LogP contribution >= 0.6 is 0 Å². The van der Waals surface area contributed by atoms with Crippen molar-refractivity contribution in [3.05, 3.63) is 0 Å². The van der Waals surface area contributed by atoms with E-state index in [1.165, 1.54) is 25.7 Å². The van der Waals surface area contributed by atoms with E-state index < -0.39 is 0 Å². The Bertz CT molecular complexity index is 253. The molecule has 1 aliphatic carbocycles.